The lowest BCUT2D eigenvalue weighted by Gasteiger charge is -2.57. The summed E-state index contributed by atoms with van der Waals surface area (Å²) in [5, 5.41) is 0. The minimum atomic E-state index is 0.747. The van der Waals surface area contributed by atoms with Crippen LogP contribution in [0.15, 0.2) is 0 Å². The molecule has 0 aromatic carbocycles. The molecule has 6 saturated carbocycles. The van der Waals surface area contributed by atoms with Gasteiger partial charge in [-0.1, -0.05) is 83.1 Å². The zero-order chi connectivity index (χ0) is 23.4. The quantitative estimate of drug-likeness (QED) is 0.424. The van der Waals surface area contributed by atoms with E-state index in [9.17, 15) is 0 Å². The van der Waals surface area contributed by atoms with E-state index in [1.165, 1.54) is 64.2 Å². The SMILES string of the molecule is CC.CC.CC(C)C12CCC(C(C)C)(C1)C2.CC(C)C12CCC(C(C)C)(CC1)CC2. The second kappa shape index (κ2) is 10.7. The fourth-order valence-corrected chi connectivity index (χ4v) is 7.57. The van der Waals surface area contributed by atoms with Crippen molar-refractivity contribution in [2.24, 2.45) is 45.3 Å². The first kappa shape index (κ1) is 28.0. The van der Waals surface area contributed by atoms with E-state index in [-0.39, 0.29) is 0 Å². The molecule has 0 unspecified atom stereocenters. The summed E-state index contributed by atoms with van der Waals surface area (Å²) in [5.74, 6) is 3.67. The summed E-state index contributed by atoms with van der Waals surface area (Å²) in [6.07, 6.45) is 15.2. The van der Waals surface area contributed by atoms with Crippen molar-refractivity contribution < 1.29 is 0 Å². The Morgan fingerprint density at radius 1 is 0.333 bits per heavy atom. The smallest absolute Gasteiger partial charge is 0.0263 e. The highest BCUT2D eigenvalue weighted by molar-refractivity contribution is 5.12. The molecule has 0 aromatic heterocycles. The van der Waals surface area contributed by atoms with E-state index in [0.29, 0.717) is 0 Å². The first-order chi connectivity index (χ1) is 14.0. The van der Waals surface area contributed by atoms with E-state index in [2.05, 4.69) is 55.4 Å². The molecule has 0 N–H and O–H groups in total. The van der Waals surface area contributed by atoms with Gasteiger partial charge in [0.1, 0.15) is 0 Å². The van der Waals surface area contributed by atoms with Crippen molar-refractivity contribution in [3.8, 4) is 0 Å². The second-order valence-electron chi connectivity index (χ2n) is 12.4. The van der Waals surface area contributed by atoms with Crippen LogP contribution >= 0.6 is 0 Å². The van der Waals surface area contributed by atoms with Gasteiger partial charge in [-0.05, 0) is 110 Å². The Bertz CT molecular complexity index is 418. The second-order valence-corrected chi connectivity index (χ2v) is 12.4. The van der Waals surface area contributed by atoms with Gasteiger partial charge in [0.05, 0.1) is 0 Å². The van der Waals surface area contributed by atoms with Gasteiger partial charge in [0, 0.05) is 0 Å². The zero-order valence-electron chi connectivity index (χ0n) is 23.4. The molecule has 0 atom stereocenters. The molecule has 6 aliphatic rings. The monoisotopic (exact) mass is 420 g/mol. The topological polar surface area (TPSA) is 0 Å². The summed E-state index contributed by atoms with van der Waals surface area (Å²) in [6.45, 7) is 27.4. The Morgan fingerprint density at radius 2 is 0.500 bits per heavy atom. The van der Waals surface area contributed by atoms with Crippen molar-refractivity contribution >= 4 is 0 Å². The van der Waals surface area contributed by atoms with Crippen LogP contribution in [0.3, 0.4) is 0 Å². The van der Waals surface area contributed by atoms with Gasteiger partial charge in [0.2, 0.25) is 0 Å². The Labute approximate surface area is 192 Å². The maximum Gasteiger partial charge on any atom is -0.0263 e. The van der Waals surface area contributed by atoms with E-state index in [4.69, 9.17) is 0 Å². The molecular weight excluding hydrogens is 360 g/mol. The first-order valence-corrected chi connectivity index (χ1v) is 14.0. The van der Waals surface area contributed by atoms with Gasteiger partial charge in [-0.25, -0.2) is 0 Å². The molecule has 0 nitrogen and oxygen atoms in total. The van der Waals surface area contributed by atoms with Gasteiger partial charge >= 0.3 is 0 Å². The van der Waals surface area contributed by atoms with Gasteiger partial charge in [0.15, 0.2) is 0 Å². The molecule has 0 heteroatoms. The molecule has 6 aliphatic carbocycles. The van der Waals surface area contributed by atoms with Crippen molar-refractivity contribution in [1.29, 1.82) is 0 Å². The molecule has 0 saturated heterocycles. The molecular formula is C30H60. The number of fused-ring (bicyclic) bond motifs is 4. The van der Waals surface area contributed by atoms with Gasteiger partial charge in [-0.3, -0.25) is 0 Å². The molecule has 4 bridgehead atoms. The summed E-state index contributed by atoms with van der Waals surface area (Å²) in [7, 11) is 0. The summed E-state index contributed by atoms with van der Waals surface area (Å²) in [4.78, 5) is 0. The predicted octanol–water partition coefficient (Wildman–Crippen LogP) is 10.6. The minimum Gasteiger partial charge on any atom is -0.0683 e. The Morgan fingerprint density at radius 3 is 0.633 bits per heavy atom. The minimum absolute atomic E-state index is 0.747. The van der Waals surface area contributed by atoms with Crippen molar-refractivity contribution in [1.82, 2.24) is 0 Å². The maximum atomic E-state index is 2.44. The van der Waals surface area contributed by atoms with Crippen LogP contribution in [0.25, 0.3) is 0 Å². The number of hydrogen-bond acceptors (Lipinski definition) is 0. The third-order valence-corrected chi connectivity index (χ3v) is 10.8. The largest absolute Gasteiger partial charge is 0.0683 e. The molecule has 0 spiro atoms. The molecule has 0 aromatic rings. The molecule has 180 valence electrons. The van der Waals surface area contributed by atoms with Crippen LogP contribution < -0.4 is 0 Å². The molecule has 6 fully saturated rings. The number of hydrogen-bond donors (Lipinski definition) is 0. The lowest BCUT2D eigenvalue weighted by Crippen LogP contribution is -2.46. The third-order valence-electron chi connectivity index (χ3n) is 10.8. The van der Waals surface area contributed by atoms with Gasteiger partial charge in [-0.15, -0.1) is 0 Å². The summed E-state index contributed by atoms with van der Waals surface area (Å²) < 4.78 is 0. The number of rotatable bonds is 4. The van der Waals surface area contributed by atoms with E-state index in [0.717, 1.165) is 45.3 Å². The molecule has 30 heavy (non-hydrogen) atoms. The molecule has 6 rings (SSSR count). The third kappa shape index (κ3) is 4.98. The van der Waals surface area contributed by atoms with Gasteiger partial charge < -0.3 is 0 Å². The van der Waals surface area contributed by atoms with E-state index >= 15 is 0 Å². The van der Waals surface area contributed by atoms with Crippen molar-refractivity contribution in [2.75, 3.05) is 0 Å². The van der Waals surface area contributed by atoms with Gasteiger partial charge in [-0.2, -0.15) is 0 Å². The Kier molecular flexibility index (Phi) is 10.0. The fourth-order valence-electron chi connectivity index (χ4n) is 7.57. The summed E-state index contributed by atoms with van der Waals surface area (Å²) >= 11 is 0. The predicted molar refractivity (Wildman–Crippen MR) is 138 cm³/mol. The molecule has 0 radical (unpaired) electrons. The summed E-state index contributed by atoms with van der Waals surface area (Å²) in [5.41, 5.74) is 3.06. The highest BCUT2D eigenvalue weighted by atomic mass is 14.7. The standard InChI is InChI=1S/C14H26.C12H22.2C2H6/c1-11(2)13-5-8-14(9-6-13,10-7-13)12(3)4;1-9(2)11-5-6-12(7-11,8-11)10(3)4;2*1-2/h11-12H,5-10H2,1-4H3;9-10H,5-8H2,1-4H3;2*1-2H3. The average molecular weight is 421 g/mol. The van der Waals surface area contributed by atoms with Gasteiger partial charge in [0.25, 0.3) is 0 Å². The van der Waals surface area contributed by atoms with Crippen LogP contribution in [0.1, 0.15) is 147 Å². The highest BCUT2D eigenvalue weighted by Crippen LogP contribution is 2.72. The van der Waals surface area contributed by atoms with Crippen LogP contribution in [-0.4, -0.2) is 0 Å². The Balaban J connectivity index is 0.000000260. The average Bonchev–Trinajstić information content (AvgIpc) is 3.32. The zero-order valence-corrected chi connectivity index (χ0v) is 23.4. The van der Waals surface area contributed by atoms with Crippen LogP contribution in [0.5, 0.6) is 0 Å². The normalized spacial score (nSPS) is 38.4. The maximum absolute atomic E-state index is 2.44. The molecule has 0 heterocycles. The lowest BCUT2D eigenvalue weighted by atomic mass is 9.48. The first-order valence-electron chi connectivity index (χ1n) is 14.0. The molecule has 0 aliphatic heterocycles. The van der Waals surface area contributed by atoms with Crippen molar-refractivity contribution in [3.63, 3.8) is 0 Å². The Hall–Kier alpha value is 0. The van der Waals surface area contributed by atoms with E-state index < -0.39 is 0 Å². The van der Waals surface area contributed by atoms with E-state index in [1.807, 2.05) is 27.7 Å². The van der Waals surface area contributed by atoms with Crippen LogP contribution in [-0.2, 0) is 0 Å². The van der Waals surface area contributed by atoms with E-state index in [1.54, 1.807) is 0 Å². The summed E-state index contributed by atoms with van der Waals surface area (Å²) in [6, 6.07) is 0. The fraction of sp³-hybridized carbons (Fsp3) is 1.00. The molecule has 0 amide bonds. The van der Waals surface area contributed by atoms with Crippen LogP contribution in [0.4, 0.5) is 0 Å². The van der Waals surface area contributed by atoms with Crippen LogP contribution in [0.2, 0.25) is 0 Å². The van der Waals surface area contributed by atoms with Crippen molar-refractivity contribution in [2.45, 2.75) is 147 Å². The van der Waals surface area contributed by atoms with Crippen LogP contribution in [0, 0.1) is 45.3 Å². The highest BCUT2D eigenvalue weighted by Gasteiger charge is 2.62. The van der Waals surface area contributed by atoms with Crippen molar-refractivity contribution in [3.05, 3.63) is 0 Å². The lowest BCUT2D eigenvalue weighted by molar-refractivity contribution is -0.0623.